The molecule has 0 aliphatic heterocycles. The van der Waals surface area contributed by atoms with Gasteiger partial charge >= 0.3 is 5.97 Å². The van der Waals surface area contributed by atoms with E-state index in [2.05, 4.69) is 0 Å². The summed E-state index contributed by atoms with van der Waals surface area (Å²) in [5.41, 5.74) is -0.174. The summed E-state index contributed by atoms with van der Waals surface area (Å²) in [6, 6.07) is 7.34. The summed E-state index contributed by atoms with van der Waals surface area (Å²) in [5.74, 6) is -0.990. The van der Waals surface area contributed by atoms with Crippen molar-refractivity contribution < 1.29 is 15.0 Å². The Hall–Kier alpha value is -1.06. The average Bonchev–Trinajstić information content (AvgIpc) is 2.13. The van der Waals surface area contributed by atoms with Crippen molar-refractivity contribution in [2.24, 2.45) is 0 Å². The number of halogens is 1. The quantitative estimate of drug-likeness (QED) is 0.834. The van der Waals surface area contributed by atoms with E-state index in [-0.39, 0.29) is 6.42 Å². The highest BCUT2D eigenvalue weighted by atomic mass is 35.5. The van der Waals surface area contributed by atoms with Crippen molar-refractivity contribution in [3.63, 3.8) is 0 Å². The van der Waals surface area contributed by atoms with Crippen molar-refractivity contribution in [3.8, 4) is 0 Å². The van der Waals surface area contributed by atoms with Crippen LogP contribution in [0.1, 0.15) is 25.3 Å². The first-order chi connectivity index (χ1) is 7.39. The first-order valence-electron chi connectivity index (χ1n) is 5.08. The Balaban J connectivity index is 2.54. The molecule has 88 valence electrons. The smallest absolute Gasteiger partial charge is 0.306 e. The molecule has 0 aromatic heterocycles. The van der Waals surface area contributed by atoms with Gasteiger partial charge in [-0.05, 0) is 37.5 Å². The van der Waals surface area contributed by atoms with E-state index in [0.717, 1.165) is 5.56 Å². The number of rotatable bonds is 5. The predicted molar refractivity (Wildman–Crippen MR) is 62.6 cm³/mol. The fourth-order valence-electron chi connectivity index (χ4n) is 1.52. The molecule has 0 bridgehead atoms. The molecule has 4 heteroatoms. The number of benzene rings is 1. The first-order valence-corrected chi connectivity index (χ1v) is 5.45. The molecule has 0 radical (unpaired) electrons. The van der Waals surface area contributed by atoms with Crippen LogP contribution in [-0.2, 0) is 11.2 Å². The van der Waals surface area contributed by atoms with Crippen molar-refractivity contribution in [2.75, 3.05) is 0 Å². The zero-order valence-corrected chi connectivity index (χ0v) is 9.87. The summed E-state index contributed by atoms with van der Waals surface area (Å²) >= 11 is 5.82. The third-order valence-corrected chi connectivity index (χ3v) is 2.61. The van der Waals surface area contributed by atoms with Crippen molar-refractivity contribution in [2.45, 2.75) is 31.8 Å². The molecule has 1 aromatic carbocycles. The summed E-state index contributed by atoms with van der Waals surface area (Å²) in [6.45, 7) is 1.53. The minimum atomic E-state index is -1.17. The highest BCUT2D eigenvalue weighted by Crippen LogP contribution is 2.19. The molecule has 16 heavy (non-hydrogen) atoms. The molecule has 2 N–H and O–H groups in total. The minimum absolute atomic E-state index is 0.242. The van der Waals surface area contributed by atoms with E-state index in [9.17, 15) is 9.90 Å². The maximum atomic E-state index is 10.5. The van der Waals surface area contributed by atoms with Crippen LogP contribution in [0.15, 0.2) is 24.3 Å². The Labute approximate surface area is 99.7 Å². The second kappa shape index (κ2) is 5.32. The van der Waals surface area contributed by atoms with Gasteiger partial charge in [-0.1, -0.05) is 23.7 Å². The molecule has 1 rings (SSSR count). The molecule has 0 aliphatic rings. The second-order valence-corrected chi connectivity index (χ2v) is 4.63. The van der Waals surface area contributed by atoms with Crippen LogP contribution in [0.25, 0.3) is 0 Å². The van der Waals surface area contributed by atoms with Crippen molar-refractivity contribution >= 4 is 17.6 Å². The van der Waals surface area contributed by atoms with Gasteiger partial charge in [-0.15, -0.1) is 0 Å². The fraction of sp³-hybridized carbons (Fsp3) is 0.417. The predicted octanol–water partition coefficient (Wildman–Crippen LogP) is 2.50. The summed E-state index contributed by atoms with van der Waals surface area (Å²) < 4.78 is 0. The minimum Gasteiger partial charge on any atom is -0.481 e. The van der Waals surface area contributed by atoms with Gasteiger partial charge in [0.1, 0.15) is 0 Å². The van der Waals surface area contributed by atoms with Crippen molar-refractivity contribution in [3.05, 3.63) is 34.9 Å². The molecule has 1 aromatic rings. The molecular weight excluding hydrogens is 228 g/mol. The SMILES string of the molecule is CC(O)(CCc1cccc(Cl)c1)CC(=O)O. The van der Waals surface area contributed by atoms with E-state index >= 15 is 0 Å². The topological polar surface area (TPSA) is 57.5 Å². The molecule has 0 saturated heterocycles. The maximum absolute atomic E-state index is 10.5. The van der Waals surface area contributed by atoms with E-state index < -0.39 is 11.6 Å². The standard InChI is InChI=1S/C12H15ClO3/c1-12(16,8-11(14)15)6-5-9-3-2-4-10(13)7-9/h2-4,7,16H,5-6,8H2,1H3,(H,14,15). The summed E-state index contributed by atoms with van der Waals surface area (Å²) in [4.78, 5) is 10.5. The molecule has 0 fully saturated rings. The molecule has 0 heterocycles. The summed E-state index contributed by atoms with van der Waals surface area (Å²) in [5, 5.41) is 19.1. The van der Waals surface area contributed by atoms with Crippen LogP contribution >= 0.6 is 11.6 Å². The number of aliphatic hydroxyl groups is 1. The lowest BCUT2D eigenvalue weighted by atomic mass is 9.94. The van der Waals surface area contributed by atoms with E-state index in [1.807, 2.05) is 18.2 Å². The lowest BCUT2D eigenvalue weighted by Crippen LogP contribution is -2.28. The number of carboxylic acid groups (broad SMARTS) is 1. The Morgan fingerprint density at radius 3 is 2.75 bits per heavy atom. The van der Waals surface area contributed by atoms with Crippen LogP contribution in [0.3, 0.4) is 0 Å². The first kappa shape index (κ1) is 13.0. The molecule has 3 nitrogen and oxygen atoms in total. The number of hydrogen-bond donors (Lipinski definition) is 2. The van der Waals surface area contributed by atoms with E-state index in [4.69, 9.17) is 16.7 Å². The third kappa shape index (κ3) is 4.64. The summed E-state index contributed by atoms with van der Waals surface area (Å²) in [6.07, 6.45) is 0.772. The molecule has 0 amide bonds. The normalized spacial score (nSPS) is 14.4. The zero-order valence-electron chi connectivity index (χ0n) is 9.11. The highest BCUT2D eigenvalue weighted by molar-refractivity contribution is 6.30. The van der Waals surface area contributed by atoms with Gasteiger partial charge < -0.3 is 10.2 Å². The summed E-state index contributed by atoms with van der Waals surface area (Å²) in [7, 11) is 0. The van der Waals surface area contributed by atoms with Gasteiger partial charge in [0.2, 0.25) is 0 Å². The van der Waals surface area contributed by atoms with Crippen molar-refractivity contribution in [1.29, 1.82) is 0 Å². The number of aryl methyl sites for hydroxylation is 1. The van der Waals surface area contributed by atoms with Gasteiger partial charge in [-0.2, -0.15) is 0 Å². The van der Waals surface area contributed by atoms with Gasteiger partial charge in [0.25, 0.3) is 0 Å². The Morgan fingerprint density at radius 2 is 2.19 bits per heavy atom. The molecule has 0 saturated carbocycles. The molecule has 0 spiro atoms. The number of carboxylic acids is 1. The van der Waals surface area contributed by atoms with E-state index in [0.29, 0.717) is 17.9 Å². The van der Waals surface area contributed by atoms with Crippen LogP contribution in [0.5, 0.6) is 0 Å². The van der Waals surface area contributed by atoms with Crippen LogP contribution in [0.4, 0.5) is 0 Å². The Kier molecular flexibility index (Phi) is 4.33. The van der Waals surface area contributed by atoms with Crippen LogP contribution in [0, 0.1) is 0 Å². The van der Waals surface area contributed by atoms with Crippen LogP contribution < -0.4 is 0 Å². The van der Waals surface area contributed by atoms with Gasteiger partial charge in [-0.25, -0.2) is 0 Å². The monoisotopic (exact) mass is 242 g/mol. The average molecular weight is 243 g/mol. The van der Waals surface area contributed by atoms with E-state index in [1.54, 1.807) is 6.07 Å². The van der Waals surface area contributed by atoms with Crippen molar-refractivity contribution in [1.82, 2.24) is 0 Å². The lowest BCUT2D eigenvalue weighted by Gasteiger charge is -2.20. The maximum Gasteiger partial charge on any atom is 0.306 e. The van der Waals surface area contributed by atoms with E-state index in [1.165, 1.54) is 6.92 Å². The van der Waals surface area contributed by atoms with Crippen LogP contribution in [0.2, 0.25) is 5.02 Å². The Bertz CT molecular complexity index is 374. The molecule has 1 atom stereocenters. The number of hydrogen-bond acceptors (Lipinski definition) is 2. The Morgan fingerprint density at radius 1 is 1.50 bits per heavy atom. The fourth-order valence-corrected chi connectivity index (χ4v) is 1.73. The second-order valence-electron chi connectivity index (χ2n) is 4.20. The lowest BCUT2D eigenvalue weighted by molar-refractivity contribution is -0.142. The van der Waals surface area contributed by atoms with Gasteiger partial charge in [-0.3, -0.25) is 4.79 Å². The molecule has 1 unspecified atom stereocenters. The molecule has 0 aliphatic carbocycles. The van der Waals surface area contributed by atoms with Gasteiger partial charge in [0.15, 0.2) is 0 Å². The van der Waals surface area contributed by atoms with Gasteiger partial charge in [0.05, 0.1) is 12.0 Å². The molecular formula is C12H15ClO3. The zero-order chi connectivity index (χ0) is 12.2. The number of aliphatic carboxylic acids is 1. The van der Waals surface area contributed by atoms with Crippen LogP contribution in [-0.4, -0.2) is 21.8 Å². The van der Waals surface area contributed by atoms with Gasteiger partial charge in [0, 0.05) is 5.02 Å². The number of carbonyl (C=O) groups is 1. The third-order valence-electron chi connectivity index (χ3n) is 2.37. The highest BCUT2D eigenvalue weighted by Gasteiger charge is 2.23. The largest absolute Gasteiger partial charge is 0.481 e.